The van der Waals surface area contributed by atoms with E-state index in [0.717, 1.165) is 44.7 Å². The summed E-state index contributed by atoms with van der Waals surface area (Å²) in [7, 11) is 1.60. The van der Waals surface area contributed by atoms with Gasteiger partial charge in [0.25, 0.3) is 0 Å². The molecule has 0 spiro atoms. The van der Waals surface area contributed by atoms with Crippen molar-refractivity contribution < 1.29 is 14.9 Å². The van der Waals surface area contributed by atoms with Crippen molar-refractivity contribution in [1.29, 1.82) is 0 Å². The molecular weight excluding hydrogens is 304 g/mol. The van der Waals surface area contributed by atoms with Crippen LogP contribution in [0.1, 0.15) is 32.8 Å². The van der Waals surface area contributed by atoms with E-state index in [9.17, 15) is 10.2 Å². The topological polar surface area (TPSA) is 56.2 Å². The molecule has 0 bridgehead atoms. The number of rotatable bonds is 6. The second-order valence-electron chi connectivity index (χ2n) is 7.93. The van der Waals surface area contributed by atoms with Gasteiger partial charge in [-0.05, 0) is 17.9 Å². The van der Waals surface area contributed by atoms with Crippen LogP contribution in [0.25, 0.3) is 0 Å². The summed E-state index contributed by atoms with van der Waals surface area (Å²) in [5.74, 6) is 0.953. The molecule has 136 valence electrons. The second kappa shape index (κ2) is 8.19. The van der Waals surface area contributed by atoms with Crippen molar-refractivity contribution in [2.45, 2.75) is 39.8 Å². The van der Waals surface area contributed by atoms with Crippen LogP contribution < -0.4 is 4.74 Å². The quantitative estimate of drug-likeness (QED) is 0.835. The lowest BCUT2D eigenvalue weighted by Gasteiger charge is -2.44. The van der Waals surface area contributed by atoms with E-state index in [0.29, 0.717) is 11.8 Å². The minimum atomic E-state index is 0.215. The maximum Gasteiger partial charge on any atom is 0.123 e. The predicted octanol–water partition coefficient (Wildman–Crippen LogP) is 2.32. The first kappa shape index (κ1) is 19.0. The number of methoxy groups -OCH3 is 1. The third-order valence-corrected chi connectivity index (χ3v) is 4.51. The Morgan fingerprint density at radius 3 is 2.58 bits per heavy atom. The van der Waals surface area contributed by atoms with Crippen molar-refractivity contribution in [3.63, 3.8) is 0 Å². The second-order valence-corrected chi connectivity index (χ2v) is 7.93. The SMILES string of the molecule is COc1ccc(CN2CCN(CC(C)(C)C)[C@@H](CCO)C2)c(O)c1. The number of aliphatic hydroxyl groups is 1. The molecule has 1 atom stereocenters. The molecular formula is C19H32N2O3. The van der Waals surface area contributed by atoms with Gasteiger partial charge >= 0.3 is 0 Å². The molecule has 1 saturated heterocycles. The summed E-state index contributed by atoms with van der Waals surface area (Å²) in [6.45, 7) is 11.6. The van der Waals surface area contributed by atoms with Crippen LogP contribution in [0.5, 0.6) is 11.5 Å². The number of phenolic OH excluding ortho intramolecular Hbond substituents is 1. The molecule has 0 aromatic heterocycles. The highest BCUT2D eigenvalue weighted by Crippen LogP contribution is 2.26. The molecule has 0 saturated carbocycles. The molecule has 1 heterocycles. The molecule has 1 aromatic rings. The van der Waals surface area contributed by atoms with E-state index in [1.54, 1.807) is 13.2 Å². The standard InChI is InChI=1S/C19H32N2O3/c1-19(2,3)14-21-9-8-20(13-16(21)7-10-22)12-15-5-6-17(24-4)11-18(15)23/h5-6,11,16,22-23H,7-10,12-14H2,1-4H3/t16-/m0/s1. The van der Waals surface area contributed by atoms with Crippen LogP contribution in [0, 0.1) is 5.41 Å². The Kier molecular flexibility index (Phi) is 6.49. The molecule has 0 radical (unpaired) electrons. The molecule has 5 heteroatoms. The van der Waals surface area contributed by atoms with Crippen molar-refractivity contribution in [2.24, 2.45) is 5.41 Å². The van der Waals surface area contributed by atoms with E-state index in [-0.39, 0.29) is 17.8 Å². The third kappa shape index (κ3) is 5.36. The minimum absolute atomic E-state index is 0.215. The van der Waals surface area contributed by atoms with Crippen molar-refractivity contribution >= 4 is 0 Å². The first-order valence-corrected chi connectivity index (χ1v) is 8.75. The average molecular weight is 336 g/mol. The molecule has 0 aliphatic carbocycles. The number of ether oxygens (including phenoxy) is 1. The maximum absolute atomic E-state index is 10.2. The molecule has 0 amide bonds. The molecule has 0 unspecified atom stereocenters. The Bertz CT molecular complexity index is 528. The van der Waals surface area contributed by atoms with Crippen molar-refractivity contribution in [3.05, 3.63) is 23.8 Å². The van der Waals surface area contributed by atoms with Crippen LogP contribution in [0.4, 0.5) is 0 Å². The van der Waals surface area contributed by atoms with Crippen LogP contribution >= 0.6 is 0 Å². The van der Waals surface area contributed by atoms with E-state index >= 15 is 0 Å². The summed E-state index contributed by atoms with van der Waals surface area (Å²) >= 11 is 0. The van der Waals surface area contributed by atoms with Crippen molar-refractivity contribution in [1.82, 2.24) is 9.80 Å². The highest BCUT2D eigenvalue weighted by Gasteiger charge is 2.29. The van der Waals surface area contributed by atoms with Gasteiger partial charge in [-0.2, -0.15) is 0 Å². The molecule has 1 aliphatic heterocycles. The number of piperazine rings is 1. The normalized spacial score (nSPS) is 20.3. The van der Waals surface area contributed by atoms with Gasteiger partial charge in [0, 0.05) is 57.0 Å². The Hall–Kier alpha value is -1.30. The highest BCUT2D eigenvalue weighted by molar-refractivity contribution is 5.39. The predicted molar refractivity (Wildman–Crippen MR) is 96.5 cm³/mol. The minimum Gasteiger partial charge on any atom is -0.507 e. The summed E-state index contributed by atoms with van der Waals surface area (Å²) in [5, 5.41) is 19.6. The van der Waals surface area contributed by atoms with Gasteiger partial charge in [-0.1, -0.05) is 26.8 Å². The van der Waals surface area contributed by atoms with Gasteiger partial charge < -0.3 is 14.9 Å². The zero-order chi connectivity index (χ0) is 17.7. The Balaban J connectivity index is 2.01. The van der Waals surface area contributed by atoms with E-state index in [1.807, 2.05) is 12.1 Å². The van der Waals surface area contributed by atoms with Crippen molar-refractivity contribution in [2.75, 3.05) is 39.9 Å². The lowest BCUT2D eigenvalue weighted by molar-refractivity contribution is 0.0337. The van der Waals surface area contributed by atoms with Gasteiger partial charge in [-0.25, -0.2) is 0 Å². The lowest BCUT2D eigenvalue weighted by Crippen LogP contribution is -2.54. The zero-order valence-corrected chi connectivity index (χ0v) is 15.5. The fourth-order valence-electron chi connectivity index (χ4n) is 3.39. The molecule has 1 fully saturated rings. The summed E-state index contributed by atoms with van der Waals surface area (Å²) < 4.78 is 5.14. The van der Waals surface area contributed by atoms with Gasteiger partial charge in [0.15, 0.2) is 0 Å². The van der Waals surface area contributed by atoms with E-state index in [1.165, 1.54) is 0 Å². The number of phenols is 1. The summed E-state index contributed by atoms with van der Waals surface area (Å²) in [6, 6.07) is 5.84. The van der Waals surface area contributed by atoms with Crippen LogP contribution in [-0.2, 0) is 6.54 Å². The maximum atomic E-state index is 10.2. The van der Waals surface area contributed by atoms with Crippen LogP contribution in [0.3, 0.4) is 0 Å². The number of aliphatic hydroxyl groups excluding tert-OH is 1. The first-order chi connectivity index (χ1) is 11.3. The Morgan fingerprint density at radius 1 is 1.25 bits per heavy atom. The van der Waals surface area contributed by atoms with E-state index in [4.69, 9.17) is 4.74 Å². The molecule has 5 nitrogen and oxygen atoms in total. The number of aromatic hydroxyl groups is 1. The number of benzene rings is 1. The number of hydrogen-bond donors (Lipinski definition) is 2. The van der Waals surface area contributed by atoms with Gasteiger partial charge in [0.2, 0.25) is 0 Å². The van der Waals surface area contributed by atoms with E-state index < -0.39 is 0 Å². The summed E-state index contributed by atoms with van der Waals surface area (Å²) in [4.78, 5) is 4.86. The number of nitrogens with zero attached hydrogens (tertiary/aromatic N) is 2. The highest BCUT2D eigenvalue weighted by atomic mass is 16.5. The van der Waals surface area contributed by atoms with Crippen molar-refractivity contribution in [3.8, 4) is 11.5 Å². The Morgan fingerprint density at radius 2 is 2.00 bits per heavy atom. The Labute approximate surface area is 145 Å². The lowest BCUT2D eigenvalue weighted by atomic mass is 9.94. The molecule has 1 aliphatic rings. The fourth-order valence-corrected chi connectivity index (χ4v) is 3.39. The zero-order valence-electron chi connectivity index (χ0n) is 15.5. The van der Waals surface area contributed by atoms with Gasteiger partial charge in [0.05, 0.1) is 7.11 Å². The largest absolute Gasteiger partial charge is 0.507 e. The molecule has 2 N–H and O–H groups in total. The van der Waals surface area contributed by atoms with Crippen LogP contribution in [-0.4, -0.2) is 66.0 Å². The molecule has 1 aromatic carbocycles. The van der Waals surface area contributed by atoms with Gasteiger partial charge in [-0.3, -0.25) is 9.80 Å². The van der Waals surface area contributed by atoms with Gasteiger partial charge in [-0.15, -0.1) is 0 Å². The smallest absolute Gasteiger partial charge is 0.123 e. The summed E-state index contributed by atoms with van der Waals surface area (Å²) in [6.07, 6.45) is 0.793. The fraction of sp³-hybridized carbons (Fsp3) is 0.684. The van der Waals surface area contributed by atoms with Crippen LogP contribution in [0.15, 0.2) is 18.2 Å². The monoisotopic (exact) mass is 336 g/mol. The first-order valence-electron chi connectivity index (χ1n) is 8.75. The van der Waals surface area contributed by atoms with E-state index in [2.05, 4.69) is 30.6 Å². The molecule has 24 heavy (non-hydrogen) atoms. The summed E-state index contributed by atoms with van der Waals surface area (Å²) in [5.41, 5.74) is 1.17. The third-order valence-electron chi connectivity index (χ3n) is 4.51. The molecule has 2 rings (SSSR count). The van der Waals surface area contributed by atoms with Crippen LogP contribution in [0.2, 0.25) is 0 Å². The number of hydrogen-bond acceptors (Lipinski definition) is 5. The average Bonchev–Trinajstić information content (AvgIpc) is 2.51. The van der Waals surface area contributed by atoms with Gasteiger partial charge in [0.1, 0.15) is 11.5 Å².